The second kappa shape index (κ2) is 4.34. The first kappa shape index (κ1) is 12.9. The van der Waals surface area contributed by atoms with E-state index >= 15 is 0 Å². The lowest BCUT2D eigenvalue weighted by molar-refractivity contribution is -0.388. The highest BCUT2D eigenvalue weighted by Crippen LogP contribution is 2.39. The Labute approximate surface area is 96.7 Å². The van der Waals surface area contributed by atoms with Gasteiger partial charge in [-0.15, -0.1) is 13.2 Å². The molecule has 0 bridgehead atoms. The molecule has 0 amide bonds. The summed E-state index contributed by atoms with van der Waals surface area (Å²) in [7, 11) is 0. The van der Waals surface area contributed by atoms with E-state index in [4.69, 9.17) is 23.2 Å². The van der Waals surface area contributed by atoms with Crippen LogP contribution in [0.5, 0.6) is 5.75 Å². The monoisotopic (exact) mass is 275 g/mol. The lowest BCUT2D eigenvalue weighted by Crippen LogP contribution is -2.18. The molecule has 4 nitrogen and oxygen atoms in total. The van der Waals surface area contributed by atoms with Crippen LogP contribution >= 0.6 is 23.2 Å². The Morgan fingerprint density at radius 1 is 1.31 bits per heavy atom. The van der Waals surface area contributed by atoms with Crippen molar-refractivity contribution in [2.45, 2.75) is 6.36 Å². The van der Waals surface area contributed by atoms with E-state index in [9.17, 15) is 23.3 Å². The van der Waals surface area contributed by atoms with Crippen molar-refractivity contribution in [1.82, 2.24) is 0 Å². The van der Waals surface area contributed by atoms with Crippen LogP contribution in [-0.4, -0.2) is 11.3 Å². The molecule has 1 rings (SSSR count). The summed E-state index contributed by atoms with van der Waals surface area (Å²) in [5.74, 6) is -1.05. The second-order valence-electron chi connectivity index (χ2n) is 2.54. The smallest absolute Gasteiger partial charge is 0.398 e. The van der Waals surface area contributed by atoms with Gasteiger partial charge in [0.15, 0.2) is 0 Å². The molecule has 1 aromatic carbocycles. The van der Waals surface area contributed by atoms with Crippen molar-refractivity contribution in [1.29, 1.82) is 0 Å². The number of hydrogen-bond acceptors (Lipinski definition) is 3. The molecule has 16 heavy (non-hydrogen) atoms. The molecular formula is C7H2Cl2F3NO3. The molecular weight excluding hydrogens is 274 g/mol. The maximum absolute atomic E-state index is 11.9. The van der Waals surface area contributed by atoms with E-state index in [1.807, 2.05) is 0 Å². The normalized spacial score (nSPS) is 11.3. The summed E-state index contributed by atoms with van der Waals surface area (Å²) in [4.78, 5) is 9.39. The molecule has 0 aromatic heterocycles. The Bertz CT molecular complexity index is 436. The third-order valence-electron chi connectivity index (χ3n) is 1.40. The van der Waals surface area contributed by atoms with Gasteiger partial charge in [0.2, 0.25) is 5.75 Å². The highest BCUT2D eigenvalue weighted by molar-refractivity contribution is 6.36. The topological polar surface area (TPSA) is 52.4 Å². The van der Waals surface area contributed by atoms with Gasteiger partial charge < -0.3 is 4.74 Å². The molecule has 0 unspecified atom stereocenters. The molecule has 0 saturated heterocycles. The summed E-state index contributed by atoms with van der Waals surface area (Å²) in [6.45, 7) is 0. The quantitative estimate of drug-likeness (QED) is 0.609. The van der Waals surface area contributed by atoms with Gasteiger partial charge in [0.1, 0.15) is 5.02 Å². The minimum Gasteiger partial charge on any atom is -0.398 e. The minimum atomic E-state index is -5.06. The van der Waals surface area contributed by atoms with Crippen LogP contribution in [0.3, 0.4) is 0 Å². The number of nitro groups is 1. The SMILES string of the molecule is O=[N+]([O-])c1c(Cl)cc(Cl)cc1OC(F)(F)F. The number of rotatable bonds is 2. The fraction of sp³-hybridized carbons (Fsp3) is 0.143. The van der Waals surface area contributed by atoms with Crippen molar-refractivity contribution >= 4 is 28.9 Å². The van der Waals surface area contributed by atoms with Crippen molar-refractivity contribution in [3.8, 4) is 5.75 Å². The van der Waals surface area contributed by atoms with E-state index in [2.05, 4.69) is 4.74 Å². The second-order valence-corrected chi connectivity index (χ2v) is 3.38. The van der Waals surface area contributed by atoms with Crippen LogP contribution < -0.4 is 4.74 Å². The molecule has 0 N–H and O–H groups in total. The van der Waals surface area contributed by atoms with E-state index in [0.717, 1.165) is 6.07 Å². The van der Waals surface area contributed by atoms with E-state index in [0.29, 0.717) is 6.07 Å². The Morgan fingerprint density at radius 3 is 2.31 bits per heavy atom. The Hall–Kier alpha value is -1.21. The molecule has 0 aliphatic carbocycles. The molecule has 9 heteroatoms. The third-order valence-corrected chi connectivity index (χ3v) is 1.91. The average Bonchev–Trinajstić information content (AvgIpc) is 1.96. The van der Waals surface area contributed by atoms with Gasteiger partial charge in [-0.25, -0.2) is 0 Å². The lowest BCUT2D eigenvalue weighted by atomic mass is 10.3. The number of hydrogen-bond donors (Lipinski definition) is 0. The first-order chi connectivity index (χ1) is 7.20. The minimum absolute atomic E-state index is 0.199. The summed E-state index contributed by atoms with van der Waals surface area (Å²) in [5.41, 5.74) is -0.983. The number of nitrogens with zero attached hydrogens (tertiary/aromatic N) is 1. The molecule has 0 aliphatic heterocycles. The van der Waals surface area contributed by atoms with E-state index in [1.165, 1.54) is 0 Å². The summed E-state index contributed by atoms with van der Waals surface area (Å²) >= 11 is 10.8. The van der Waals surface area contributed by atoms with Gasteiger partial charge in [0.25, 0.3) is 0 Å². The summed E-state index contributed by atoms with van der Waals surface area (Å²) in [6, 6.07) is 1.61. The van der Waals surface area contributed by atoms with Crippen LogP contribution in [0.4, 0.5) is 18.9 Å². The zero-order valence-corrected chi connectivity index (χ0v) is 8.73. The summed E-state index contributed by atoms with van der Waals surface area (Å²) in [6.07, 6.45) is -5.06. The van der Waals surface area contributed by atoms with Gasteiger partial charge in [0, 0.05) is 11.1 Å². The molecule has 1 aromatic rings. The number of halogens is 5. The van der Waals surface area contributed by atoms with Gasteiger partial charge >= 0.3 is 12.0 Å². The molecule has 0 aliphatic rings. The van der Waals surface area contributed by atoms with Crippen LogP contribution in [0.1, 0.15) is 0 Å². The Kier molecular flexibility index (Phi) is 3.49. The van der Waals surface area contributed by atoms with E-state index in [1.54, 1.807) is 0 Å². The highest BCUT2D eigenvalue weighted by Gasteiger charge is 2.35. The molecule has 88 valence electrons. The van der Waals surface area contributed by atoms with Crippen LogP contribution in [0.2, 0.25) is 10.0 Å². The highest BCUT2D eigenvalue weighted by atomic mass is 35.5. The maximum Gasteiger partial charge on any atom is 0.573 e. The largest absolute Gasteiger partial charge is 0.573 e. The van der Waals surface area contributed by atoms with Crippen molar-refractivity contribution in [3.05, 3.63) is 32.3 Å². The zero-order chi connectivity index (χ0) is 12.5. The zero-order valence-electron chi connectivity index (χ0n) is 7.22. The van der Waals surface area contributed by atoms with Crippen molar-refractivity contribution < 1.29 is 22.8 Å². The maximum atomic E-state index is 11.9. The molecule has 0 saturated carbocycles. The van der Waals surface area contributed by atoms with Crippen molar-refractivity contribution in [2.75, 3.05) is 0 Å². The first-order valence-corrected chi connectivity index (χ1v) is 4.35. The van der Waals surface area contributed by atoms with Gasteiger partial charge in [0.05, 0.1) is 4.92 Å². The first-order valence-electron chi connectivity index (χ1n) is 3.60. The number of benzene rings is 1. The van der Waals surface area contributed by atoms with Crippen molar-refractivity contribution in [3.63, 3.8) is 0 Å². The van der Waals surface area contributed by atoms with Gasteiger partial charge in [-0.1, -0.05) is 23.2 Å². The number of nitro benzene ring substituents is 1. The fourth-order valence-corrected chi connectivity index (χ4v) is 1.47. The van der Waals surface area contributed by atoms with Crippen LogP contribution in [0, 0.1) is 10.1 Å². The molecule has 0 radical (unpaired) electrons. The van der Waals surface area contributed by atoms with Gasteiger partial charge in [-0.3, -0.25) is 10.1 Å². The van der Waals surface area contributed by atoms with Crippen LogP contribution in [-0.2, 0) is 0 Å². The third kappa shape index (κ3) is 3.14. The van der Waals surface area contributed by atoms with E-state index < -0.39 is 27.7 Å². The number of ether oxygens (including phenoxy) is 1. The summed E-state index contributed by atoms with van der Waals surface area (Å²) < 4.78 is 39.2. The number of alkyl halides is 3. The van der Waals surface area contributed by atoms with Gasteiger partial charge in [-0.2, -0.15) is 0 Å². The molecule has 0 heterocycles. The van der Waals surface area contributed by atoms with Crippen LogP contribution in [0.15, 0.2) is 12.1 Å². The predicted molar refractivity (Wildman–Crippen MR) is 49.8 cm³/mol. The fourth-order valence-electron chi connectivity index (χ4n) is 0.922. The summed E-state index contributed by atoms with van der Waals surface area (Å²) in [5, 5.41) is 9.74. The van der Waals surface area contributed by atoms with Gasteiger partial charge in [-0.05, 0) is 6.07 Å². The molecule has 0 spiro atoms. The average molecular weight is 276 g/mol. The van der Waals surface area contributed by atoms with E-state index in [-0.39, 0.29) is 5.02 Å². The Balaban J connectivity index is 3.30. The molecule has 0 atom stereocenters. The van der Waals surface area contributed by atoms with Crippen molar-refractivity contribution in [2.24, 2.45) is 0 Å². The Morgan fingerprint density at radius 2 is 1.88 bits per heavy atom. The predicted octanol–water partition coefficient (Wildman–Crippen LogP) is 3.80. The van der Waals surface area contributed by atoms with Crippen LogP contribution in [0.25, 0.3) is 0 Å². The standard InChI is InChI=1S/C7H2Cl2F3NO3/c8-3-1-4(9)6(13(14)15)5(2-3)16-7(10,11)12/h1-2H. The molecule has 0 fully saturated rings. The lowest BCUT2D eigenvalue weighted by Gasteiger charge is -2.09.